The molecule has 0 bridgehead atoms. The molecular formula is C13H14N2O. The lowest BCUT2D eigenvalue weighted by Gasteiger charge is -2.09. The first-order valence-electron chi connectivity index (χ1n) is 5.04. The molecular weight excluding hydrogens is 200 g/mol. The Morgan fingerprint density at radius 3 is 2.38 bits per heavy atom. The molecule has 0 radical (unpaired) electrons. The van der Waals surface area contributed by atoms with Gasteiger partial charge in [0.1, 0.15) is 11.5 Å². The second-order valence-electron chi connectivity index (χ2n) is 3.70. The van der Waals surface area contributed by atoms with Crippen molar-refractivity contribution >= 4 is 11.4 Å². The second kappa shape index (κ2) is 4.14. The van der Waals surface area contributed by atoms with Crippen molar-refractivity contribution < 1.29 is 4.74 Å². The Hall–Kier alpha value is -2.16. The number of anilines is 2. The van der Waals surface area contributed by atoms with Gasteiger partial charge >= 0.3 is 0 Å². The standard InChI is InChI=1S/C13H14N2O/c1-9-7-11(15)5-6-13(9)16-12-4-2-3-10(14)8-12/h2-8H,14-15H2,1H3. The molecule has 0 amide bonds. The Bertz CT molecular complexity index is 509. The first-order valence-corrected chi connectivity index (χ1v) is 5.04. The van der Waals surface area contributed by atoms with Crippen LogP contribution < -0.4 is 16.2 Å². The topological polar surface area (TPSA) is 61.3 Å². The molecule has 82 valence electrons. The largest absolute Gasteiger partial charge is 0.457 e. The summed E-state index contributed by atoms with van der Waals surface area (Å²) in [6.45, 7) is 1.96. The summed E-state index contributed by atoms with van der Waals surface area (Å²) >= 11 is 0. The van der Waals surface area contributed by atoms with Crippen molar-refractivity contribution in [1.29, 1.82) is 0 Å². The molecule has 0 fully saturated rings. The Morgan fingerprint density at radius 1 is 0.938 bits per heavy atom. The first kappa shape index (κ1) is 10.4. The van der Waals surface area contributed by atoms with Crippen LogP contribution in [-0.4, -0.2) is 0 Å². The van der Waals surface area contributed by atoms with Gasteiger partial charge in [-0.05, 0) is 42.8 Å². The van der Waals surface area contributed by atoms with Crippen LogP contribution in [0.1, 0.15) is 5.56 Å². The minimum Gasteiger partial charge on any atom is -0.457 e. The third-order valence-electron chi connectivity index (χ3n) is 2.28. The number of hydrogen-bond acceptors (Lipinski definition) is 3. The third kappa shape index (κ3) is 2.25. The number of aryl methyl sites for hydroxylation is 1. The fraction of sp³-hybridized carbons (Fsp3) is 0.0769. The number of benzene rings is 2. The summed E-state index contributed by atoms with van der Waals surface area (Å²) < 4.78 is 5.71. The minimum absolute atomic E-state index is 0.686. The van der Waals surface area contributed by atoms with Gasteiger partial charge in [-0.1, -0.05) is 6.07 Å². The van der Waals surface area contributed by atoms with E-state index < -0.39 is 0 Å². The van der Waals surface area contributed by atoms with E-state index >= 15 is 0 Å². The zero-order valence-corrected chi connectivity index (χ0v) is 9.10. The molecule has 0 unspecified atom stereocenters. The Labute approximate surface area is 94.6 Å². The monoisotopic (exact) mass is 214 g/mol. The number of nitrogen functional groups attached to an aromatic ring is 2. The summed E-state index contributed by atoms with van der Waals surface area (Å²) in [4.78, 5) is 0. The summed E-state index contributed by atoms with van der Waals surface area (Å²) in [5.41, 5.74) is 13.8. The number of hydrogen-bond donors (Lipinski definition) is 2. The van der Waals surface area contributed by atoms with Crippen LogP contribution in [0.5, 0.6) is 11.5 Å². The molecule has 0 atom stereocenters. The van der Waals surface area contributed by atoms with Crippen molar-refractivity contribution in [3.63, 3.8) is 0 Å². The van der Waals surface area contributed by atoms with Crippen LogP contribution in [0.25, 0.3) is 0 Å². The maximum Gasteiger partial charge on any atom is 0.130 e. The molecule has 0 aliphatic heterocycles. The molecule has 2 rings (SSSR count). The van der Waals surface area contributed by atoms with Crippen LogP contribution in [0.4, 0.5) is 11.4 Å². The fourth-order valence-electron chi connectivity index (χ4n) is 1.49. The highest BCUT2D eigenvalue weighted by molar-refractivity contribution is 5.50. The van der Waals surface area contributed by atoms with E-state index in [2.05, 4.69) is 0 Å². The Balaban J connectivity index is 2.27. The zero-order valence-electron chi connectivity index (χ0n) is 9.10. The van der Waals surface area contributed by atoms with Crippen molar-refractivity contribution in [3.8, 4) is 11.5 Å². The van der Waals surface area contributed by atoms with Gasteiger partial charge in [0.2, 0.25) is 0 Å². The summed E-state index contributed by atoms with van der Waals surface area (Å²) in [5, 5.41) is 0. The molecule has 0 saturated heterocycles. The van der Waals surface area contributed by atoms with Gasteiger partial charge in [0.05, 0.1) is 0 Å². The summed E-state index contributed by atoms with van der Waals surface area (Å²) in [5.74, 6) is 1.52. The lowest BCUT2D eigenvalue weighted by molar-refractivity contribution is 0.479. The number of rotatable bonds is 2. The lowest BCUT2D eigenvalue weighted by Crippen LogP contribution is -1.91. The van der Waals surface area contributed by atoms with Crippen molar-refractivity contribution in [2.45, 2.75) is 6.92 Å². The average Bonchev–Trinajstić information content (AvgIpc) is 2.22. The van der Waals surface area contributed by atoms with E-state index in [1.54, 1.807) is 6.07 Å². The van der Waals surface area contributed by atoms with Crippen LogP contribution in [0.15, 0.2) is 42.5 Å². The van der Waals surface area contributed by atoms with E-state index in [-0.39, 0.29) is 0 Å². The predicted octanol–water partition coefficient (Wildman–Crippen LogP) is 2.95. The molecule has 2 aromatic rings. The van der Waals surface area contributed by atoms with Gasteiger partial charge in [0.25, 0.3) is 0 Å². The first-order chi connectivity index (χ1) is 7.65. The van der Waals surface area contributed by atoms with Crippen LogP contribution in [0.2, 0.25) is 0 Å². The van der Waals surface area contributed by atoms with Crippen molar-refractivity contribution in [2.24, 2.45) is 0 Å². The number of ether oxygens (including phenoxy) is 1. The van der Waals surface area contributed by atoms with Crippen molar-refractivity contribution in [1.82, 2.24) is 0 Å². The highest BCUT2D eigenvalue weighted by Gasteiger charge is 2.01. The summed E-state index contributed by atoms with van der Waals surface area (Å²) in [6, 6.07) is 12.9. The maximum atomic E-state index is 5.71. The van der Waals surface area contributed by atoms with Gasteiger partial charge in [-0.25, -0.2) is 0 Å². The molecule has 16 heavy (non-hydrogen) atoms. The third-order valence-corrected chi connectivity index (χ3v) is 2.28. The quantitative estimate of drug-likeness (QED) is 0.755. The van der Waals surface area contributed by atoms with Gasteiger partial charge < -0.3 is 16.2 Å². The van der Waals surface area contributed by atoms with Gasteiger partial charge in [-0.2, -0.15) is 0 Å². The number of nitrogens with two attached hydrogens (primary N) is 2. The maximum absolute atomic E-state index is 5.71. The van der Waals surface area contributed by atoms with Crippen molar-refractivity contribution in [3.05, 3.63) is 48.0 Å². The lowest BCUT2D eigenvalue weighted by atomic mass is 10.2. The zero-order chi connectivity index (χ0) is 11.5. The molecule has 0 aromatic heterocycles. The molecule has 0 spiro atoms. The van der Waals surface area contributed by atoms with Gasteiger partial charge in [-0.3, -0.25) is 0 Å². The molecule has 3 heteroatoms. The highest BCUT2D eigenvalue weighted by Crippen LogP contribution is 2.27. The fourth-order valence-corrected chi connectivity index (χ4v) is 1.49. The molecule has 3 nitrogen and oxygen atoms in total. The molecule has 0 heterocycles. The van der Waals surface area contributed by atoms with E-state index in [0.717, 1.165) is 22.7 Å². The van der Waals surface area contributed by atoms with Crippen LogP contribution in [0, 0.1) is 6.92 Å². The van der Waals surface area contributed by atoms with Gasteiger partial charge in [0.15, 0.2) is 0 Å². The summed E-state index contributed by atoms with van der Waals surface area (Å²) in [7, 11) is 0. The minimum atomic E-state index is 0.686. The van der Waals surface area contributed by atoms with Crippen LogP contribution in [0.3, 0.4) is 0 Å². The summed E-state index contributed by atoms with van der Waals surface area (Å²) in [6.07, 6.45) is 0. The van der Waals surface area contributed by atoms with E-state index in [1.165, 1.54) is 0 Å². The van der Waals surface area contributed by atoms with E-state index in [9.17, 15) is 0 Å². The Morgan fingerprint density at radius 2 is 1.69 bits per heavy atom. The highest BCUT2D eigenvalue weighted by atomic mass is 16.5. The van der Waals surface area contributed by atoms with E-state index in [4.69, 9.17) is 16.2 Å². The SMILES string of the molecule is Cc1cc(N)ccc1Oc1cccc(N)c1. The Kier molecular flexibility index (Phi) is 2.68. The van der Waals surface area contributed by atoms with Crippen molar-refractivity contribution in [2.75, 3.05) is 11.5 Å². The van der Waals surface area contributed by atoms with Crippen LogP contribution in [-0.2, 0) is 0 Å². The molecule has 4 N–H and O–H groups in total. The molecule has 0 aliphatic carbocycles. The second-order valence-corrected chi connectivity index (χ2v) is 3.70. The van der Waals surface area contributed by atoms with Gasteiger partial charge in [-0.15, -0.1) is 0 Å². The van der Waals surface area contributed by atoms with E-state index in [1.807, 2.05) is 43.3 Å². The van der Waals surface area contributed by atoms with Gasteiger partial charge in [0, 0.05) is 17.4 Å². The average molecular weight is 214 g/mol. The molecule has 0 saturated carbocycles. The van der Waals surface area contributed by atoms with Crippen LogP contribution >= 0.6 is 0 Å². The van der Waals surface area contributed by atoms with E-state index in [0.29, 0.717) is 5.69 Å². The normalized spacial score (nSPS) is 10.1. The molecule has 2 aromatic carbocycles. The smallest absolute Gasteiger partial charge is 0.130 e. The molecule has 0 aliphatic rings. The predicted molar refractivity (Wildman–Crippen MR) is 66.5 cm³/mol.